The fourth-order valence-electron chi connectivity index (χ4n) is 5.82. The van der Waals surface area contributed by atoms with Gasteiger partial charge >= 0.3 is 0 Å². The normalized spacial score (nSPS) is 16.6. The summed E-state index contributed by atoms with van der Waals surface area (Å²) in [4.78, 5) is 10.1. The summed E-state index contributed by atoms with van der Waals surface area (Å²) in [7, 11) is 0. The fraction of sp³-hybridized carbons (Fsp3) is 0.559. The molecule has 1 aromatic heterocycles. The number of anilines is 2. The van der Waals surface area contributed by atoms with Crippen molar-refractivity contribution < 1.29 is 0 Å². The first-order chi connectivity index (χ1) is 19.1. The summed E-state index contributed by atoms with van der Waals surface area (Å²) in [6.45, 7) is 15.7. The van der Waals surface area contributed by atoms with E-state index < -0.39 is 0 Å². The standard InChI is InChI=1S/C34H49N5/c1-6-22-38(23-7-2)30-17-12-28(13-18-30)33-34(37-36-32(35-33)21-16-27-11-10-26(27)5)29-14-19-31(20-15-29)39(24-8-3)25-9-4/h12-15,17-20,26-27H,6-11,16,21-25H2,1-5H3. The molecule has 1 saturated carbocycles. The molecule has 0 aliphatic heterocycles. The SMILES string of the molecule is CCCN(CCC)c1ccc(-c2nnc(CCC3CCC3C)nc2-c2ccc(N(CCC)CCC)cc2)cc1. The van der Waals surface area contributed by atoms with Crippen molar-refractivity contribution in [2.75, 3.05) is 36.0 Å². The summed E-state index contributed by atoms with van der Waals surface area (Å²) >= 11 is 0. The molecule has 0 saturated heterocycles. The molecule has 1 heterocycles. The minimum atomic E-state index is 0.806. The third kappa shape index (κ3) is 7.38. The molecule has 4 rings (SSSR count). The summed E-state index contributed by atoms with van der Waals surface area (Å²) in [5.74, 6) is 2.50. The first-order valence-electron chi connectivity index (χ1n) is 15.5. The zero-order chi connectivity index (χ0) is 27.6. The predicted molar refractivity (Wildman–Crippen MR) is 166 cm³/mol. The summed E-state index contributed by atoms with van der Waals surface area (Å²) in [6, 6.07) is 17.8. The second-order valence-electron chi connectivity index (χ2n) is 11.3. The van der Waals surface area contributed by atoms with Crippen LogP contribution in [0.1, 0.15) is 85.4 Å². The Labute approximate surface area is 237 Å². The minimum absolute atomic E-state index is 0.806. The van der Waals surface area contributed by atoms with E-state index in [1.165, 1.54) is 24.2 Å². The average Bonchev–Trinajstić information content (AvgIpc) is 2.96. The molecule has 0 amide bonds. The highest BCUT2D eigenvalue weighted by Gasteiger charge is 2.26. The van der Waals surface area contributed by atoms with Gasteiger partial charge < -0.3 is 9.80 Å². The molecule has 39 heavy (non-hydrogen) atoms. The number of aryl methyl sites for hydroxylation is 1. The van der Waals surface area contributed by atoms with Crippen molar-refractivity contribution in [1.29, 1.82) is 0 Å². The second-order valence-corrected chi connectivity index (χ2v) is 11.3. The van der Waals surface area contributed by atoms with Crippen molar-refractivity contribution in [1.82, 2.24) is 15.2 Å². The van der Waals surface area contributed by atoms with Gasteiger partial charge in [-0.1, -0.05) is 65.3 Å². The van der Waals surface area contributed by atoms with E-state index >= 15 is 0 Å². The topological polar surface area (TPSA) is 45.2 Å². The van der Waals surface area contributed by atoms with E-state index in [2.05, 4.69) is 98.0 Å². The van der Waals surface area contributed by atoms with Gasteiger partial charge in [0, 0.05) is 55.1 Å². The van der Waals surface area contributed by atoms with E-state index in [4.69, 9.17) is 10.1 Å². The van der Waals surface area contributed by atoms with E-state index in [-0.39, 0.29) is 0 Å². The zero-order valence-corrected chi connectivity index (χ0v) is 25.0. The Bertz CT molecular complexity index is 1130. The Morgan fingerprint density at radius 2 is 1.13 bits per heavy atom. The molecule has 0 spiro atoms. The lowest BCUT2D eigenvalue weighted by atomic mass is 9.72. The Hall–Kier alpha value is -2.95. The number of rotatable bonds is 15. The Morgan fingerprint density at radius 3 is 1.54 bits per heavy atom. The highest BCUT2D eigenvalue weighted by Crippen LogP contribution is 2.37. The quantitative estimate of drug-likeness (QED) is 0.198. The number of nitrogens with zero attached hydrogens (tertiary/aromatic N) is 5. The molecular formula is C34H49N5. The van der Waals surface area contributed by atoms with Gasteiger partial charge in [0.05, 0.1) is 0 Å². The maximum Gasteiger partial charge on any atom is 0.151 e. The van der Waals surface area contributed by atoms with Gasteiger partial charge in [0.25, 0.3) is 0 Å². The molecule has 0 radical (unpaired) electrons. The van der Waals surface area contributed by atoms with Crippen LogP contribution in [0.3, 0.4) is 0 Å². The van der Waals surface area contributed by atoms with Gasteiger partial charge in [0.1, 0.15) is 11.4 Å². The van der Waals surface area contributed by atoms with Crippen LogP contribution in [0.15, 0.2) is 48.5 Å². The van der Waals surface area contributed by atoms with Crippen molar-refractivity contribution >= 4 is 11.4 Å². The van der Waals surface area contributed by atoms with Gasteiger partial charge in [-0.15, -0.1) is 10.2 Å². The van der Waals surface area contributed by atoms with Crippen LogP contribution in [0.2, 0.25) is 0 Å². The minimum Gasteiger partial charge on any atom is -0.372 e. The van der Waals surface area contributed by atoms with Gasteiger partial charge in [-0.3, -0.25) is 0 Å². The third-order valence-electron chi connectivity index (χ3n) is 8.25. The van der Waals surface area contributed by atoms with Crippen LogP contribution in [0.25, 0.3) is 22.5 Å². The second kappa shape index (κ2) is 14.4. The lowest BCUT2D eigenvalue weighted by Gasteiger charge is -2.33. The molecule has 0 bridgehead atoms. The maximum atomic E-state index is 5.14. The summed E-state index contributed by atoms with van der Waals surface area (Å²) in [5, 5.41) is 9.42. The molecule has 3 aromatic rings. The molecule has 1 fully saturated rings. The summed E-state index contributed by atoms with van der Waals surface area (Å²) in [5.41, 5.74) is 6.54. The van der Waals surface area contributed by atoms with Crippen molar-refractivity contribution in [3.05, 3.63) is 54.4 Å². The van der Waals surface area contributed by atoms with Crippen molar-refractivity contribution in [2.24, 2.45) is 11.8 Å². The van der Waals surface area contributed by atoms with Crippen LogP contribution in [0.4, 0.5) is 11.4 Å². The Kier molecular flexibility index (Phi) is 10.8. The van der Waals surface area contributed by atoms with Crippen molar-refractivity contribution in [3.63, 3.8) is 0 Å². The molecular weight excluding hydrogens is 478 g/mol. The van der Waals surface area contributed by atoms with Gasteiger partial charge in [0.15, 0.2) is 5.82 Å². The lowest BCUT2D eigenvalue weighted by molar-refractivity contribution is 0.183. The number of aromatic nitrogens is 3. The third-order valence-corrected chi connectivity index (χ3v) is 8.25. The first kappa shape index (κ1) is 29.0. The van der Waals surface area contributed by atoms with E-state index in [1.54, 1.807) is 0 Å². The largest absolute Gasteiger partial charge is 0.372 e. The molecule has 5 nitrogen and oxygen atoms in total. The van der Waals surface area contributed by atoms with Crippen LogP contribution < -0.4 is 9.80 Å². The van der Waals surface area contributed by atoms with Crippen LogP contribution >= 0.6 is 0 Å². The Morgan fingerprint density at radius 1 is 0.641 bits per heavy atom. The summed E-state index contributed by atoms with van der Waals surface area (Å²) in [6.07, 6.45) is 9.34. The molecule has 0 N–H and O–H groups in total. The first-order valence-corrected chi connectivity index (χ1v) is 15.5. The van der Waals surface area contributed by atoms with Crippen LogP contribution in [0.5, 0.6) is 0 Å². The molecule has 1 aliphatic carbocycles. The van der Waals surface area contributed by atoms with E-state index in [1.807, 2.05) is 0 Å². The highest BCUT2D eigenvalue weighted by molar-refractivity contribution is 5.79. The predicted octanol–water partition coefficient (Wildman–Crippen LogP) is 8.44. The van der Waals surface area contributed by atoms with Gasteiger partial charge in [-0.05, 0) is 74.6 Å². The number of hydrogen-bond acceptors (Lipinski definition) is 5. The number of benzene rings is 2. The summed E-state index contributed by atoms with van der Waals surface area (Å²) < 4.78 is 0. The molecule has 2 aromatic carbocycles. The van der Waals surface area contributed by atoms with Gasteiger partial charge in [0.2, 0.25) is 0 Å². The Balaban J connectivity index is 1.65. The van der Waals surface area contributed by atoms with Crippen LogP contribution in [0, 0.1) is 11.8 Å². The number of hydrogen-bond donors (Lipinski definition) is 0. The highest BCUT2D eigenvalue weighted by atomic mass is 15.2. The maximum absolute atomic E-state index is 5.14. The van der Waals surface area contributed by atoms with E-state index in [9.17, 15) is 0 Å². The van der Waals surface area contributed by atoms with E-state index in [0.717, 1.165) is 105 Å². The molecule has 2 unspecified atom stereocenters. The van der Waals surface area contributed by atoms with Gasteiger partial charge in [-0.2, -0.15) is 0 Å². The average molecular weight is 528 g/mol. The van der Waals surface area contributed by atoms with Crippen molar-refractivity contribution in [3.8, 4) is 22.5 Å². The van der Waals surface area contributed by atoms with E-state index in [0.29, 0.717) is 0 Å². The van der Waals surface area contributed by atoms with Crippen LogP contribution in [-0.4, -0.2) is 41.4 Å². The van der Waals surface area contributed by atoms with Gasteiger partial charge in [-0.25, -0.2) is 4.98 Å². The lowest BCUT2D eigenvalue weighted by Crippen LogP contribution is -2.24. The molecule has 210 valence electrons. The zero-order valence-electron chi connectivity index (χ0n) is 25.0. The van der Waals surface area contributed by atoms with Crippen LogP contribution in [-0.2, 0) is 6.42 Å². The van der Waals surface area contributed by atoms with Crippen molar-refractivity contribution in [2.45, 2.75) is 86.0 Å². The molecule has 5 heteroatoms. The smallest absolute Gasteiger partial charge is 0.151 e. The molecule has 1 aliphatic rings. The monoisotopic (exact) mass is 527 g/mol. The fourth-order valence-corrected chi connectivity index (χ4v) is 5.82. The molecule has 2 atom stereocenters.